The van der Waals surface area contributed by atoms with Gasteiger partial charge in [-0.15, -0.1) is 5.10 Å². The van der Waals surface area contributed by atoms with Crippen LogP contribution in [0.25, 0.3) is 0 Å². The fraction of sp³-hybridized carbons (Fsp3) is 0.577. The molecule has 2 amide bonds. The number of methoxy groups -OCH3 is 1. The Hall–Kier alpha value is -3.63. The molecule has 1 saturated heterocycles. The predicted molar refractivity (Wildman–Crippen MR) is 142 cm³/mol. The van der Waals surface area contributed by atoms with Gasteiger partial charge in [0.2, 0.25) is 5.91 Å². The van der Waals surface area contributed by atoms with E-state index >= 15 is 0 Å². The molecule has 15 nitrogen and oxygen atoms in total. The molecule has 7 N–H and O–H groups in total. The molecule has 6 atom stereocenters. The lowest BCUT2D eigenvalue weighted by molar-refractivity contribution is -0.258. The molecule has 1 aliphatic heterocycles. The number of nitrogens with two attached hydrogens (primary N) is 1. The van der Waals surface area contributed by atoms with Crippen LogP contribution in [0.5, 0.6) is 0 Å². The van der Waals surface area contributed by atoms with E-state index in [-0.39, 0.29) is 13.2 Å². The lowest BCUT2D eigenvalue weighted by atomic mass is 9.87. The van der Waals surface area contributed by atoms with Crippen molar-refractivity contribution in [1.82, 2.24) is 25.6 Å². The van der Waals surface area contributed by atoms with Crippen molar-refractivity contribution < 1.29 is 43.9 Å². The average molecular weight is 579 g/mol. The summed E-state index contributed by atoms with van der Waals surface area (Å²) >= 11 is 0. The predicted octanol–water partition coefficient (Wildman–Crippen LogP) is -1.31. The lowest BCUT2D eigenvalue weighted by Gasteiger charge is -2.47. The Balaban J connectivity index is 1.63. The minimum Gasteiger partial charge on any atom is -0.465 e. The number of ether oxygens (including phenoxy) is 3. The van der Waals surface area contributed by atoms with Crippen LogP contribution in [-0.4, -0.2) is 98.9 Å². The summed E-state index contributed by atoms with van der Waals surface area (Å²) < 4.78 is 17.2. The zero-order valence-corrected chi connectivity index (χ0v) is 23.0. The average Bonchev–Trinajstić information content (AvgIpc) is 3.45. The molecule has 2 heterocycles. The molecule has 5 unspecified atom stereocenters. The van der Waals surface area contributed by atoms with E-state index in [1.54, 1.807) is 0 Å². The van der Waals surface area contributed by atoms with Gasteiger partial charge in [0.1, 0.15) is 18.8 Å². The SMILES string of the molecule is COC(=O)C1(n2cc(CCCCNC(=O)OCc3ccccc3)nn2)CC(O)C(NC(C)=O)C(C(O)[C@H](O)CN)O1. The fourth-order valence-corrected chi connectivity index (χ4v) is 4.55. The van der Waals surface area contributed by atoms with Crippen LogP contribution >= 0.6 is 0 Å². The Kier molecular flexibility index (Phi) is 11.5. The van der Waals surface area contributed by atoms with Crippen LogP contribution < -0.4 is 16.4 Å². The van der Waals surface area contributed by atoms with E-state index in [1.165, 1.54) is 13.1 Å². The second kappa shape index (κ2) is 14.8. The maximum Gasteiger partial charge on any atom is 0.407 e. The molecular formula is C26H38N6O9. The van der Waals surface area contributed by atoms with Gasteiger partial charge < -0.3 is 45.9 Å². The third-order valence-electron chi connectivity index (χ3n) is 6.68. The maximum absolute atomic E-state index is 13.0. The molecule has 0 aliphatic carbocycles. The molecule has 1 aromatic carbocycles. The number of nitrogens with one attached hydrogen (secondary N) is 2. The molecule has 0 bridgehead atoms. The highest BCUT2D eigenvalue weighted by molar-refractivity contribution is 5.77. The van der Waals surface area contributed by atoms with Crippen molar-refractivity contribution in [3.05, 3.63) is 47.8 Å². The van der Waals surface area contributed by atoms with Crippen molar-refractivity contribution in [3.8, 4) is 0 Å². The minimum atomic E-state index is -2.06. The summed E-state index contributed by atoms with van der Waals surface area (Å²) in [6.07, 6.45) is -3.84. The van der Waals surface area contributed by atoms with Crippen LogP contribution in [0.1, 0.15) is 37.4 Å². The van der Waals surface area contributed by atoms with Gasteiger partial charge in [-0.05, 0) is 24.8 Å². The molecule has 0 spiro atoms. The highest BCUT2D eigenvalue weighted by Gasteiger charge is 2.57. The molecule has 1 fully saturated rings. The van der Waals surface area contributed by atoms with Gasteiger partial charge in [-0.3, -0.25) is 4.79 Å². The van der Waals surface area contributed by atoms with E-state index in [2.05, 4.69) is 20.9 Å². The molecule has 0 saturated carbocycles. The Morgan fingerprint density at radius 3 is 2.63 bits per heavy atom. The molecule has 1 aromatic heterocycles. The zero-order chi connectivity index (χ0) is 30.0. The van der Waals surface area contributed by atoms with E-state index in [0.29, 0.717) is 31.5 Å². The number of unbranched alkanes of at least 4 members (excludes halogenated alkanes) is 1. The van der Waals surface area contributed by atoms with Gasteiger partial charge in [-0.2, -0.15) is 0 Å². The minimum absolute atomic E-state index is 0.170. The molecule has 2 aromatic rings. The van der Waals surface area contributed by atoms with Crippen LogP contribution in [0.2, 0.25) is 0 Å². The van der Waals surface area contributed by atoms with Crippen molar-refractivity contribution >= 4 is 18.0 Å². The number of nitrogens with zero attached hydrogens (tertiary/aromatic N) is 3. The van der Waals surface area contributed by atoms with Gasteiger partial charge in [0.05, 0.1) is 37.3 Å². The number of hydrogen-bond donors (Lipinski definition) is 6. The van der Waals surface area contributed by atoms with Crippen molar-refractivity contribution in [2.24, 2.45) is 5.73 Å². The fourth-order valence-electron chi connectivity index (χ4n) is 4.55. The van der Waals surface area contributed by atoms with E-state index in [4.69, 9.17) is 19.9 Å². The summed E-state index contributed by atoms with van der Waals surface area (Å²) in [6, 6.07) is 8.14. The van der Waals surface area contributed by atoms with Gasteiger partial charge in [-0.25, -0.2) is 14.3 Å². The third-order valence-corrected chi connectivity index (χ3v) is 6.68. The number of alkyl carbamates (subject to hydrolysis) is 1. The molecular weight excluding hydrogens is 540 g/mol. The normalized spacial score (nSPS) is 23.7. The first-order valence-electron chi connectivity index (χ1n) is 13.2. The topological polar surface area (TPSA) is 220 Å². The van der Waals surface area contributed by atoms with Gasteiger partial charge in [0.15, 0.2) is 0 Å². The number of carbonyl (C=O) groups is 3. The molecule has 0 radical (unpaired) electrons. The summed E-state index contributed by atoms with van der Waals surface area (Å²) in [5.41, 5.74) is 4.80. The largest absolute Gasteiger partial charge is 0.465 e. The first-order chi connectivity index (χ1) is 19.6. The van der Waals surface area contributed by atoms with Crippen LogP contribution in [0.4, 0.5) is 4.79 Å². The number of benzene rings is 1. The third kappa shape index (κ3) is 8.20. The smallest absolute Gasteiger partial charge is 0.407 e. The first-order valence-corrected chi connectivity index (χ1v) is 13.2. The summed E-state index contributed by atoms with van der Waals surface area (Å²) in [5.74, 6) is -1.46. The molecule has 3 rings (SSSR count). The van der Waals surface area contributed by atoms with Crippen LogP contribution in [0, 0.1) is 0 Å². The number of carbonyl (C=O) groups excluding carboxylic acids is 3. The highest BCUT2D eigenvalue weighted by atomic mass is 16.6. The summed E-state index contributed by atoms with van der Waals surface area (Å²) in [7, 11) is 1.12. The monoisotopic (exact) mass is 578 g/mol. The number of esters is 1. The Bertz CT molecular complexity index is 1150. The number of aliphatic hydroxyl groups is 3. The zero-order valence-electron chi connectivity index (χ0n) is 23.0. The summed E-state index contributed by atoms with van der Waals surface area (Å²) in [6.45, 7) is 1.41. The van der Waals surface area contributed by atoms with Crippen molar-refractivity contribution in [3.63, 3.8) is 0 Å². The van der Waals surface area contributed by atoms with Crippen LogP contribution in [-0.2, 0) is 42.6 Å². The highest BCUT2D eigenvalue weighted by Crippen LogP contribution is 2.36. The first kappa shape index (κ1) is 31.9. The summed E-state index contributed by atoms with van der Waals surface area (Å²) in [4.78, 5) is 36.7. The van der Waals surface area contributed by atoms with E-state index in [0.717, 1.165) is 17.4 Å². The van der Waals surface area contributed by atoms with Gasteiger partial charge in [-0.1, -0.05) is 35.5 Å². The van der Waals surface area contributed by atoms with Crippen LogP contribution in [0.15, 0.2) is 36.5 Å². The Morgan fingerprint density at radius 2 is 1.98 bits per heavy atom. The standard InChI is InChI=1S/C26H38N6O9/c1-16(33)29-21-19(34)12-26(24(37)39-2,41-23(21)22(36)20(35)13-27)32-14-18(30-31-32)10-6-7-11-28-25(38)40-15-17-8-4-3-5-9-17/h3-5,8-9,14,19-23,34-36H,6-7,10-13,15,27H2,1-2H3,(H,28,38)(H,29,33)/t19?,20-,21?,22?,23?,26?/m1/s1. The number of amides is 2. The van der Waals surface area contributed by atoms with Crippen molar-refractivity contribution in [2.75, 3.05) is 20.2 Å². The van der Waals surface area contributed by atoms with Gasteiger partial charge >= 0.3 is 12.1 Å². The van der Waals surface area contributed by atoms with E-state index in [9.17, 15) is 29.7 Å². The number of rotatable bonds is 13. The van der Waals surface area contributed by atoms with Gasteiger partial charge in [0, 0.05) is 26.4 Å². The van der Waals surface area contributed by atoms with Crippen LogP contribution in [0.3, 0.4) is 0 Å². The molecule has 226 valence electrons. The summed E-state index contributed by atoms with van der Waals surface area (Å²) in [5, 5.41) is 45.2. The number of aromatic nitrogens is 3. The van der Waals surface area contributed by atoms with E-state index in [1.807, 2.05) is 30.3 Å². The molecule has 1 aliphatic rings. The van der Waals surface area contributed by atoms with Crippen molar-refractivity contribution in [2.45, 2.75) is 75.4 Å². The lowest BCUT2D eigenvalue weighted by Crippen LogP contribution is -2.68. The maximum atomic E-state index is 13.0. The second-order valence-electron chi connectivity index (χ2n) is 9.75. The Morgan fingerprint density at radius 1 is 1.24 bits per heavy atom. The van der Waals surface area contributed by atoms with E-state index < -0.39 is 60.6 Å². The molecule has 15 heteroatoms. The number of aliphatic hydroxyl groups excluding tert-OH is 3. The quantitative estimate of drug-likeness (QED) is 0.120. The number of hydrogen-bond acceptors (Lipinski definition) is 12. The number of aryl methyl sites for hydroxylation is 1. The van der Waals surface area contributed by atoms with Gasteiger partial charge in [0.25, 0.3) is 5.72 Å². The molecule has 41 heavy (non-hydrogen) atoms. The Labute approximate surface area is 236 Å². The second-order valence-corrected chi connectivity index (χ2v) is 9.75. The van der Waals surface area contributed by atoms with Crippen molar-refractivity contribution in [1.29, 1.82) is 0 Å².